The molecule has 2 aromatic rings. The second kappa shape index (κ2) is 13.1. The fourth-order valence-electron chi connectivity index (χ4n) is 7.41. The number of thiazole rings is 1. The van der Waals surface area contributed by atoms with E-state index in [9.17, 15) is 18.8 Å². The molecule has 246 valence electrons. The first-order valence-electron chi connectivity index (χ1n) is 15.9. The number of amides is 2. The second-order valence-electron chi connectivity index (χ2n) is 12.7. The zero-order chi connectivity index (χ0) is 32.6. The van der Waals surface area contributed by atoms with Crippen LogP contribution in [0.2, 0.25) is 0 Å². The van der Waals surface area contributed by atoms with Gasteiger partial charge in [0, 0.05) is 56.0 Å². The van der Waals surface area contributed by atoms with E-state index in [1.807, 2.05) is 15.2 Å². The number of hydrogen-bond acceptors (Lipinski definition) is 10. The van der Waals surface area contributed by atoms with Crippen LogP contribution in [-0.2, 0) is 19.1 Å². The topological polar surface area (TPSA) is 117 Å². The maximum atomic E-state index is 14.8. The summed E-state index contributed by atoms with van der Waals surface area (Å²) >= 11 is 1.42. The Morgan fingerprint density at radius 3 is 2.65 bits per heavy atom. The number of rotatable bonds is 8. The summed E-state index contributed by atoms with van der Waals surface area (Å²) < 4.78 is 25.3. The lowest BCUT2D eigenvalue weighted by molar-refractivity contribution is -0.146. The summed E-state index contributed by atoms with van der Waals surface area (Å²) in [6, 6.07) is 4.18. The van der Waals surface area contributed by atoms with Gasteiger partial charge < -0.3 is 24.6 Å². The molecule has 4 aliphatic rings. The summed E-state index contributed by atoms with van der Waals surface area (Å²) in [6.45, 7) is 8.47. The Bertz CT molecular complexity index is 1560. The predicted molar refractivity (Wildman–Crippen MR) is 171 cm³/mol. The van der Waals surface area contributed by atoms with Gasteiger partial charge in [0.05, 0.1) is 30.7 Å². The SMILES string of the molecule is CCOC(=O)C1=C(CN2CCN3C(=O)N(C4CCC(C(=O)OC)CC4)C[C@]3(C)C2)NC(c2nccs2)=N[C@H]1c1cccc(F)c1C. The largest absolute Gasteiger partial charge is 0.469 e. The fraction of sp³-hybridized carbons (Fsp3) is 0.545. The molecular formula is C33H41FN6O5S. The van der Waals surface area contributed by atoms with Gasteiger partial charge in [0.1, 0.15) is 11.9 Å². The molecule has 46 heavy (non-hydrogen) atoms. The Labute approximate surface area is 272 Å². The number of hydrogen-bond donors (Lipinski definition) is 1. The summed E-state index contributed by atoms with van der Waals surface area (Å²) in [4.78, 5) is 54.9. The number of urea groups is 1. The van der Waals surface area contributed by atoms with Gasteiger partial charge in [0.2, 0.25) is 0 Å². The van der Waals surface area contributed by atoms with E-state index in [2.05, 4.69) is 22.1 Å². The van der Waals surface area contributed by atoms with E-state index >= 15 is 0 Å². The summed E-state index contributed by atoms with van der Waals surface area (Å²) in [5.41, 5.74) is 1.55. The molecule has 1 aromatic carbocycles. The molecule has 0 bridgehead atoms. The Morgan fingerprint density at radius 1 is 1.17 bits per heavy atom. The normalized spacial score (nSPS) is 26.8. The fourth-order valence-corrected chi connectivity index (χ4v) is 7.99. The molecule has 0 unspecified atom stereocenters. The van der Waals surface area contributed by atoms with Crippen molar-refractivity contribution in [1.82, 2.24) is 25.0 Å². The number of halogens is 1. The highest BCUT2D eigenvalue weighted by atomic mass is 32.1. The summed E-state index contributed by atoms with van der Waals surface area (Å²) in [5.74, 6) is -0.631. The minimum Gasteiger partial charge on any atom is -0.469 e. The minimum absolute atomic E-state index is 0.0470. The van der Waals surface area contributed by atoms with E-state index < -0.39 is 17.6 Å². The molecule has 3 aliphatic heterocycles. The van der Waals surface area contributed by atoms with E-state index in [1.165, 1.54) is 24.5 Å². The number of fused-ring (bicyclic) bond motifs is 1. The number of amidine groups is 1. The number of aliphatic imine (C=N–C) groups is 1. The number of benzene rings is 1. The molecule has 11 nitrogen and oxygen atoms in total. The van der Waals surface area contributed by atoms with Gasteiger partial charge in [0.25, 0.3) is 0 Å². The first kappa shape index (κ1) is 32.1. The van der Waals surface area contributed by atoms with Gasteiger partial charge in [-0.1, -0.05) is 12.1 Å². The van der Waals surface area contributed by atoms with Crippen LogP contribution in [0.5, 0.6) is 0 Å². The molecule has 6 rings (SSSR count). The van der Waals surface area contributed by atoms with Crippen LogP contribution in [0.15, 0.2) is 46.0 Å². The molecule has 1 saturated carbocycles. The van der Waals surface area contributed by atoms with Crippen molar-refractivity contribution in [3.63, 3.8) is 0 Å². The number of ether oxygens (including phenoxy) is 2. The third-order valence-electron chi connectivity index (χ3n) is 9.76. The number of carbonyl (C=O) groups excluding carboxylic acids is 3. The lowest BCUT2D eigenvalue weighted by Gasteiger charge is -2.44. The Hall–Kier alpha value is -3.84. The van der Waals surface area contributed by atoms with Gasteiger partial charge in [0.15, 0.2) is 10.8 Å². The van der Waals surface area contributed by atoms with Crippen molar-refractivity contribution in [2.45, 2.75) is 64.1 Å². The van der Waals surface area contributed by atoms with Gasteiger partial charge in [-0.3, -0.25) is 14.7 Å². The van der Waals surface area contributed by atoms with E-state index in [0.29, 0.717) is 66.0 Å². The first-order valence-corrected chi connectivity index (χ1v) is 16.8. The molecule has 2 atom stereocenters. The first-order chi connectivity index (χ1) is 22.1. The van der Waals surface area contributed by atoms with Gasteiger partial charge in [-0.15, -0.1) is 11.3 Å². The van der Waals surface area contributed by atoms with Crippen LogP contribution in [-0.4, -0.2) is 102 Å². The molecular weight excluding hydrogens is 611 g/mol. The highest BCUT2D eigenvalue weighted by Crippen LogP contribution is 2.38. The van der Waals surface area contributed by atoms with E-state index in [-0.39, 0.29) is 36.4 Å². The van der Waals surface area contributed by atoms with Crippen molar-refractivity contribution in [3.05, 3.63) is 63.0 Å². The van der Waals surface area contributed by atoms with Crippen molar-refractivity contribution < 1.29 is 28.2 Å². The smallest absolute Gasteiger partial charge is 0.338 e. The summed E-state index contributed by atoms with van der Waals surface area (Å²) in [5, 5.41) is 5.92. The molecule has 3 fully saturated rings. The molecule has 2 saturated heterocycles. The van der Waals surface area contributed by atoms with Gasteiger partial charge >= 0.3 is 18.0 Å². The summed E-state index contributed by atoms with van der Waals surface area (Å²) in [6.07, 6.45) is 4.68. The van der Waals surface area contributed by atoms with Crippen LogP contribution in [0.3, 0.4) is 0 Å². The lowest BCUT2D eigenvalue weighted by atomic mass is 9.85. The van der Waals surface area contributed by atoms with Crippen molar-refractivity contribution in [2.75, 3.05) is 46.4 Å². The van der Waals surface area contributed by atoms with E-state index in [0.717, 1.165) is 25.7 Å². The van der Waals surface area contributed by atoms with Crippen LogP contribution in [0.25, 0.3) is 0 Å². The average Bonchev–Trinajstić information content (AvgIpc) is 3.68. The van der Waals surface area contributed by atoms with Crippen LogP contribution >= 0.6 is 11.3 Å². The molecule has 1 aliphatic carbocycles. The molecule has 0 radical (unpaired) electrons. The quantitative estimate of drug-likeness (QED) is 0.425. The molecule has 4 heterocycles. The number of nitrogens with zero attached hydrogens (tertiary/aromatic N) is 5. The highest BCUT2D eigenvalue weighted by molar-refractivity contribution is 7.11. The van der Waals surface area contributed by atoms with Crippen LogP contribution in [0.4, 0.5) is 9.18 Å². The maximum Gasteiger partial charge on any atom is 0.338 e. The number of methoxy groups -OCH3 is 1. The monoisotopic (exact) mass is 652 g/mol. The van der Waals surface area contributed by atoms with Gasteiger partial charge in [-0.2, -0.15) is 0 Å². The number of piperazine rings is 1. The van der Waals surface area contributed by atoms with E-state index in [4.69, 9.17) is 14.5 Å². The second-order valence-corrected chi connectivity index (χ2v) is 13.6. The number of esters is 2. The predicted octanol–water partition coefficient (Wildman–Crippen LogP) is 4.04. The maximum absolute atomic E-state index is 14.8. The molecule has 2 amide bonds. The van der Waals surface area contributed by atoms with E-state index in [1.54, 1.807) is 32.2 Å². The Morgan fingerprint density at radius 2 is 1.96 bits per heavy atom. The van der Waals surface area contributed by atoms with Crippen LogP contribution < -0.4 is 5.32 Å². The van der Waals surface area contributed by atoms with Crippen molar-refractivity contribution in [1.29, 1.82) is 0 Å². The van der Waals surface area contributed by atoms with Crippen molar-refractivity contribution in [3.8, 4) is 0 Å². The zero-order valence-corrected chi connectivity index (χ0v) is 27.6. The lowest BCUT2D eigenvalue weighted by Crippen LogP contribution is -2.60. The number of carbonyl (C=O) groups is 3. The van der Waals surface area contributed by atoms with Gasteiger partial charge in [-0.25, -0.2) is 19.0 Å². The standard InChI is InChI=1S/C33H41FN6O5S/c1-5-45-31(42)26-25(36-28(29-35-13-16-46-29)37-27(26)23-7-6-8-24(34)20(23)2)17-38-14-15-40-32(43)39(19-33(40,3)18-38)22-11-9-21(10-12-22)30(41)44-4/h6-8,13,16,21-22,27H,5,9-12,14-15,17-19H2,1-4H3,(H,36,37)/t21?,22?,27-,33-/m0/s1. The minimum atomic E-state index is -0.787. The highest BCUT2D eigenvalue weighted by Gasteiger charge is 2.51. The third-order valence-corrected chi connectivity index (χ3v) is 10.5. The molecule has 13 heteroatoms. The van der Waals surface area contributed by atoms with Crippen molar-refractivity contribution in [2.24, 2.45) is 10.9 Å². The van der Waals surface area contributed by atoms with Crippen LogP contribution in [0.1, 0.15) is 61.7 Å². The molecule has 1 N–H and O–H groups in total. The number of aromatic nitrogens is 1. The summed E-state index contributed by atoms with van der Waals surface area (Å²) in [7, 11) is 1.42. The Balaban J connectivity index is 1.27. The van der Waals surface area contributed by atoms with Crippen LogP contribution in [0, 0.1) is 18.7 Å². The molecule has 0 spiro atoms. The molecule has 1 aromatic heterocycles. The zero-order valence-electron chi connectivity index (χ0n) is 26.8. The third kappa shape index (κ3) is 6.02. The van der Waals surface area contributed by atoms with Gasteiger partial charge in [-0.05, 0) is 63.6 Å². The average molecular weight is 653 g/mol. The Kier molecular flexibility index (Phi) is 9.15. The van der Waals surface area contributed by atoms with Crippen molar-refractivity contribution >= 4 is 35.1 Å². The number of nitrogens with one attached hydrogen (secondary N) is 1.